The molecule has 1 atom stereocenters. The minimum Gasteiger partial charge on any atom is -0.373 e. The summed E-state index contributed by atoms with van der Waals surface area (Å²) in [7, 11) is -4.54. The number of sulfone groups is 1. The fourth-order valence-corrected chi connectivity index (χ4v) is 2.90. The first kappa shape index (κ1) is 15.5. The number of hydrogen-bond donors (Lipinski definition) is 0. The lowest BCUT2D eigenvalue weighted by molar-refractivity contribution is 0.0554. The zero-order chi connectivity index (χ0) is 14.8. The number of benzene rings is 1. The highest BCUT2D eigenvalue weighted by molar-refractivity contribution is 7.91. The van der Waals surface area contributed by atoms with Gasteiger partial charge in [-0.3, -0.25) is 0 Å². The number of halogens is 3. The SMILES string of the molecule is O=S(=O)(c1ccc(N2CCOC(CCl)C2)cc1)C(F)F. The number of nitrogens with zero attached hydrogens (tertiary/aromatic N) is 1. The van der Waals surface area contributed by atoms with Crippen molar-refractivity contribution in [3.8, 4) is 0 Å². The van der Waals surface area contributed by atoms with Crippen LogP contribution in [-0.4, -0.2) is 45.9 Å². The fraction of sp³-hybridized carbons (Fsp3) is 0.500. The molecular formula is C12H14ClF2NO3S. The Morgan fingerprint density at radius 3 is 2.55 bits per heavy atom. The van der Waals surface area contributed by atoms with Gasteiger partial charge in [0.1, 0.15) is 0 Å². The Bertz CT molecular complexity index is 550. The summed E-state index contributed by atoms with van der Waals surface area (Å²) in [5, 5.41) is 0. The first-order valence-corrected chi connectivity index (χ1v) is 8.08. The second kappa shape index (κ2) is 6.24. The van der Waals surface area contributed by atoms with Gasteiger partial charge in [0.15, 0.2) is 0 Å². The third-order valence-electron chi connectivity index (χ3n) is 3.08. The molecule has 1 aliphatic heterocycles. The Hall–Kier alpha value is -0.920. The van der Waals surface area contributed by atoms with Crippen molar-refractivity contribution in [3.63, 3.8) is 0 Å². The lowest BCUT2D eigenvalue weighted by Crippen LogP contribution is -2.43. The Kier molecular flexibility index (Phi) is 4.82. The van der Waals surface area contributed by atoms with E-state index in [2.05, 4.69) is 0 Å². The van der Waals surface area contributed by atoms with E-state index in [9.17, 15) is 17.2 Å². The van der Waals surface area contributed by atoms with Gasteiger partial charge < -0.3 is 9.64 Å². The predicted octanol–water partition coefficient (Wildman–Crippen LogP) is 2.13. The summed E-state index contributed by atoms with van der Waals surface area (Å²) in [6, 6.07) is 5.43. The van der Waals surface area contributed by atoms with Gasteiger partial charge in [-0.25, -0.2) is 8.42 Å². The quantitative estimate of drug-likeness (QED) is 0.796. The summed E-state index contributed by atoms with van der Waals surface area (Å²) in [5.41, 5.74) is 0.761. The molecule has 0 aliphatic carbocycles. The summed E-state index contributed by atoms with van der Waals surface area (Å²) < 4.78 is 52.9. The zero-order valence-corrected chi connectivity index (χ0v) is 12.1. The van der Waals surface area contributed by atoms with E-state index in [1.165, 1.54) is 24.3 Å². The highest BCUT2D eigenvalue weighted by Crippen LogP contribution is 2.23. The number of rotatable bonds is 4. The topological polar surface area (TPSA) is 46.6 Å². The maximum absolute atomic E-state index is 12.4. The maximum Gasteiger partial charge on any atom is 0.341 e. The van der Waals surface area contributed by atoms with Crippen LogP contribution in [0, 0.1) is 0 Å². The van der Waals surface area contributed by atoms with Crippen LogP contribution in [-0.2, 0) is 14.6 Å². The lowest BCUT2D eigenvalue weighted by Gasteiger charge is -2.33. The Morgan fingerprint density at radius 2 is 2.00 bits per heavy atom. The molecule has 2 rings (SSSR count). The molecule has 112 valence electrons. The van der Waals surface area contributed by atoms with Crippen molar-refractivity contribution >= 4 is 27.1 Å². The highest BCUT2D eigenvalue weighted by atomic mass is 35.5. The summed E-state index contributed by atoms with van der Waals surface area (Å²) in [4.78, 5) is 1.60. The number of hydrogen-bond acceptors (Lipinski definition) is 4. The van der Waals surface area contributed by atoms with E-state index < -0.39 is 15.6 Å². The second-order valence-corrected chi connectivity index (χ2v) is 6.62. The van der Waals surface area contributed by atoms with E-state index in [4.69, 9.17) is 16.3 Å². The largest absolute Gasteiger partial charge is 0.373 e. The molecule has 0 amide bonds. The molecule has 1 heterocycles. The van der Waals surface area contributed by atoms with Gasteiger partial charge in [-0.2, -0.15) is 8.78 Å². The van der Waals surface area contributed by atoms with Crippen LogP contribution in [0.15, 0.2) is 29.2 Å². The third-order valence-corrected chi connectivity index (χ3v) is 4.82. The molecule has 0 N–H and O–H groups in total. The Labute approximate surface area is 121 Å². The summed E-state index contributed by atoms with van der Waals surface area (Å²) in [6.45, 7) is 1.76. The summed E-state index contributed by atoms with van der Waals surface area (Å²) in [6.07, 6.45) is -0.0881. The van der Waals surface area contributed by atoms with E-state index in [1.54, 1.807) is 0 Å². The smallest absolute Gasteiger partial charge is 0.341 e. The molecule has 1 unspecified atom stereocenters. The predicted molar refractivity (Wildman–Crippen MR) is 72.3 cm³/mol. The molecule has 1 saturated heterocycles. The highest BCUT2D eigenvalue weighted by Gasteiger charge is 2.27. The monoisotopic (exact) mass is 325 g/mol. The van der Waals surface area contributed by atoms with Gasteiger partial charge in [0.2, 0.25) is 9.84 Å². The van der Waals surface area contributed by atoms with Crippen molar-refractivity contribution in [3.05, 3.63) is 24.3 Å². The molecule has 0 spiro atoms. The van der Waals surface area contributed by atoms with Gasteiger partial charge in [-0.05, 0) is 24.3 Å². The molecule has 20 heavy (non-hydrogen) atoms. The van der Waals surface area contributed by atoms with Crippen molar-refractivity contribution in [1.29, 1.82) is 0 Å². The van der Waals surface area contributed by atoms with Crippen LogP contribution in [0.25, 0.3) is 0 Å². The Morgan fingerprint density at radius 1 is 1.35 bits per heavy atom. The summed E-state index contributed by atoms with van der Waals surface area (Å²) in [5.74, 6) is -3.04. The molecule has 1 aromatic rings. The van der Waals surface area contributed by atoms with Crippen molar-refractivity contribution in [2.24, 2.45) is 0 Å². The van der Waals surface area contributed by atoms with Crippen molar-refractivity contribution in [1.82, 2.24) is 0 Å². The molecule has 0 aromatic heterocycles. The van der Waals surface area contributed by atoms with E-state index in [-0.39, 0.29) is 11.0 Å². The molecule has 0 bridgehead atoms. The van der Waals surface area contributed by atoms with E-state index in [0.29, 0.717) is 25.6 Å². The van der Waals surface area contributed by atoms with Crippen molar-refractivity contribution < 1.29 is 21.9 Å². The van der Waals surface area contributed by atoms with Gasteiger partial charge in [0.25, 0.3) is 0 Å². The molecule has 1 aliphatic rings. The van der Waals surface area contributed by atoms with Gasteiger partial charge in [-0.15, -0.1) is 11.6 Å². The summed E-state index contributed by atoms with van der Waals surface area (Å²) >= 11 is 5.74. The van der Waals surface area contributed by atoms with E-state index >= 15 is 0 Å². The number of anilines is 1. The molecule has 4 nitrogen and oxygen atoms in total. The van der Waals surface area contributed by atoms with Crippen molar-refractivity contribution in [2.45, 2.75) is 16.8 Å². The van der Waals surface area contributed by atoms with Crippen molar-refractivity contribution in [2.75, 3.05) is 30.5 Å². The standard InChI is InChI=1S/C12H14ClF2NO3S/c13-7-10-8-16(5-6-19-10)9-1-3-11(4-2-9)20(17,18)12(14)15/h1-4,10,12H,5-8H2. The van der Waals surface area contributed by atoms with Gasteiger partial charge >= 0.3 is 5.76 Å². The molecule has 0 saturated carbocycles. The van der Waals surface area contributed by atoms with Gasteiger partial charge in [0.05, 0.1) is 23.5 Å². The van der Waals surface area contributed by atoms with E-state index in [1.807, 2.05) is 4.90 Å². The Balaban J connectivity index is 2.16. The van der Waals surface area contributed by atoms with Crippen LogP contribution in [0.5, 0.6) is 0 Å². The maximum atomic E-state index is 12.4. The number of ether oxygens (including phenoxy) is 1. The zero-order valence-electron chi connectivity index (χ0n) is 10.5. The van der Waals surface area contributed by atoms with Crippen LogP contribution >= 0.6 is 11.6 Å². The van der Waals surface area contributed by atoms with Crippen LogP contribution in [0.4, 0.5) is 14.5 Å². The van der Waals surface area contributed by atoms with E-state index in [0.717, 1.165) is 5.69 Å². The second-order valence-electron chi connectivity index (χ2n) is 4.39. The normalized spacial score (nSPS) is 20.4. The molecular weight excluding hydrogens is 312 g/mol. The third kappa shape index (κ3) is 3.21. The molecule has 1 fully saturated rings. The van der Waals surface area contributed by atoms with Crippen LogP contribution in [0.3, 0.4) is 0 Å². The molecule has 8 heteroatoms. The average molecular weight is 326 g/mol. The van der Waals surface area contributed by atoms with Crippen LogP contribution < -0.4 is 4.90 Å². The first-order valence-electron chi connectivity index (χ1n) is 6.00. The molecule has 0 radical (unpaired) electrons. The van der Waals surface area contributed by atoms with Gasteiger partial charge in [-0.1, -0.05) is 0 Å². The fourth-order valence-electron chi connectivity index (χ4n) is 2.00. The minimum absolute atomic E-state index is 0.0881. The first-order chi connectivity index (χ1) is 9.45. The van der Waals surface area contributed by atoms with Crippen LogP contribution in [0.2, 0.25) is 0 Å². The number of alkyl halides is 3. The average Bonchev–Trinajstić information content (AvgIpc) is 2.47. The minimum atomic E-state index is -4.54. The number of morpholine rings is 1. The molecule has 1 aromatic carbocycles. The lowest BCUT2D eigenvalue weighted by atomic mass is 10.2. The van der Waals surface area contributed by atoms with Gasteiger partial charge in [0, 0.05) is 18.8 Å². The van der Waals surface area contributed by atoms with Crippen LogP contribution in [0.1, 0.15) is 0 Å².